The second kappa shape index (κ2) is 6.06. The lowest BCUT2D eigenvalue weighted by Crippen LogP contribution is -2.28. The van der Waals surface area contributed by atoms with E-state index in [2.05, 4.69) is 21.7 Å². The van der Waals surface area contributed by atoms with Crippen molar-refractivity contribution < 1.29 is 4.79 Å². The van der Waals surface area contributed by atoms with Gasteiger partial charge in [-0.05, 0) is 54.8 Å². The van der Waals surface area contributed by atoms with E-state index in [0.29, 0.717) is 5.56 Å². The highest BCUT2D eigenvalue weighted by atomic mass is 16.1. The van der Waals surface area contributed by atoms with Gasteiger partial charge in [0.15, 0.2) is 0 Å². The third-order valence-electron chi connectivity index (χ3n) is 3.89. The zero-order valence-electron chi connectivity index (χ0n) is 12.1. The van der Waals surface area contributed by atoms with Crippen LogP contribution in [-0.4, -0.2) is 17.4 Å². The number of benzene rings is 1. The summed E-state index contributed by atoms with van der Waals surface area (Å²) in [5.41, 5.74) is 4.28. The van der Waals surface area contributed by atoms with Gasteiger partial charge in [-0.2, -0.15) is 0 Å². The van der Waals surface area contributed by atoms with Gasteiger partial charge in [-0.1, -0.05) is 12.1 Å². The molecule has 0 bridgehead atoms. The second-order valence-electron chi connectivity index (χ2n) is 5.39. The van der Waals surface area contributed by atoms with Crippen molar-refractivity contribution in [2.24, 2.45) is 0 Å². The molecule has 2 heterocycles. The molecular weight excluding hydrogens is 262 g/mol. The molecule has 21 heavy (non-hydrogen) atoms. The molecule has 0 fully saturated rings. The lowest BCUT2D eigenvalue weighted by atomic mass is 9.98. The summed E-state index contributed by atoms with van der Waals surface area (Å²) in [4.78, 5) is 16.4. The summed E-state index contributed by atoms with van der Waals surface area (Å²) in [6, 6.07) is 9.76. The summed E-state index contributed by atoms with van der Waals surface area (Å²) in [5.74, 6) is -0.0419. The van der Waals surface area contributed by atoms with Crippen LogP contribution in [0.2, 0.25) is 0 Å². The van der Waals surface area contributed by atoms with Crippen molar-refractivity contribution in [3.05, 3.63) is 65.0 Å². The molecule has 2 aromatic rings. The number of amides is 1. The quantitative estimate of drug-likeness (QED) is 0.907. The number of carbonyl (C=O) groups excluding carboxylic acids is 1. The van der Waals surface area contributed by atoms with E-state index in [9.17, 15) is 4.79 Å². The first kappa shape index (κ1) is 13.8. The van der Waals surface area contributed by atoms with Crippen LogP contribution in [0.5, 0.6) is 0 Å². The SMILES string of the molecule is CC(NC(=O)c1ccc2c(c1)CNCC2)c1cccnc1. The molecule has 0 spiro atoms. The van der Waals surface area contributed by atoms with E-state index in [4.69, 9.17) is 0 Å². The third kappa shape index (κ3) is 3.11. The van der Waals surface area contributed by atoms with Gasteiger partial charge in [-0.15, -0.1) is 0 Å². The maximum Gasteiger partial charge on any atom is 0.251 e. The Morgan fingerprint density at radius 2 is 2.24 bits per heavy atom. The van der Waals surface area contributed by atoms with Crippen molar-refractivity contribution in [1.82, 2.24) is 15.6 Å². The molecule has 4 heteroatoms. The van der Waals surface area contributed by atoms with E-state index < -0.39 is 0 Å². The van der Waals surface area contributed by atoms with Crippen LogP contribution < -0.4 is 10.6 Å². The zero-order chi connectivity index (χ0) is 14.7. The Kier molecular flexibility index (Phi) is 3.97. The minimum absolute atomic E-state index is 0.0419. The number of nitrogens with one attached hydrogen (secondary N) is 2. The van der Waals surface area contributed by atoms with Gasteiger partial charge in [-0.3, -0.25) is 9.78 Å². The van der Waals surface area contributed by atoms with Crippen LogP contribution in [-0.2, 0) is 13.0 Å². The van der Waals surface area contributed by atoms with Gasteiger partial charge < -0.3 is 10.6 Å². The van der Waals surface area contributed by atoms with E-state index in [1.807, 2.05) is 31.2 Å². The highest BCUT2D eigenvalue weighted by molar-refractivity contribution is 5.94. The Hall–Kier alpha value is -2.20. The van der Waals surface area contributed by atoms with Gasteiger partial charge in [0.1, 0.15) is 0 Å². The van der Waals surface area contributed by atoms with Crippen LogP contribution in [0.15, 0.2) is 42.7 Å². The zero-order valence-corrected chi connectivity index (χ0v) is 12.1. The number of pyridine rings is 1. The molecule has 1 aliphatic heterocycles. The molecule has 0 saturated heterocycles. The number of hydrogen-bond donors (Lipinski definition) is 2. The minimum atomic E-state index is -0.0552. The van der Waals surface area contributed by atoms with Crippen molar-refractivity contribution in [3.63, 3.8) is 0 Å². The number of hydrogen-bond acceptors (Lipinski definition) is 3. The molecule has 0 saturated carbocycles. The van der Waals surface area contributed by atoms with E-state index in [-0.39, 0.29) is 11.9 Å². The van der Waals surface area contributed by atoms with E-state index in [0.717, 1.165) is 25.1 Å². The first-order chi connectivity index (χ1) is 10.2. The summed E-state index contributed by atoms with van der Waals surface area (Å²) < 4.78 is 0. The molecular formula is C17H19N3O. The maximum atomic E-state index is 12.4. The van der Waals surface area contributed by atoms with Crippen molar-refractivity contribution in [1.29, 1.82) is 0 Å². The third-order valence-corrected chi connectivity index (χ3v) is 3.89. The van der Waals surface area contributed by atoms with Crippen molar-refractivity contribution in [2.75, 3.05) is 6.54 Å². The van der Waals surface area contributed by atoms with Crippen LogP contribution in [0.1, 0.15) is 40.0 Å². The van der Waals surface area contributed by atoms with Crippen LogP contribution >= 0.6 is 0 Å². The number of fused-ring (bicyclic) bond motifs is 1. The number of carbonyl (C=O) groups is 1. The molecule has 1 atom stereocenters. The summed E-state index contributed by atoms with van der Waals surface area (Å²) in [7, 11) is 0. The molecule has 1 aromatic carbocycles. The summed E-state index contributed by atoms with van der Waals surface area (Å²) in [6.07, 6.45) is 4.54. The Balaban J connectivity index is 1.73. The van der Waals surface area contributed by atoms with Crippen LogP contribution in [0, 0.1) is 0 Å². The van der Waals surface area contributed by atoms with Gasteiger partial charge in [0.25, 0.3) is 5.91 Å². The van der Waals surface area contributed by atoms with Gasteiger partial charge in [0.05, 0.1) is 6.04 Å². The molecule has 3 rings (SSSR count). The molecule has 1 aromatic heterocycles. The van der Waals surface area contributed by atoms with Crippen LogP contribution in [0.4, 0.5) is 0 Å². The Bertz CT molecular complexity index is 640. The largest absolute Gasteiger partial charge is 0.345 e. The lowest BCUT2D eigenvalue weighted by molar-refractivity contribution is 0.0939. The van der Waals surface area contributed by atoms with Crippen molar-refractivity contribution in [3.8, 4) is 0 Å². The average molecular weight is 281 g/mol. The highest BCUT2D eigenvalue weighted by Crippen LogP contribution is 2.17. The molecule has 2 N–H and O–H groups in total. The van der Waals surface area contributed by atoms with Crippen molar-refractivity contribution in [2.45, 2.75) is 25.9 Å². The van der Waals surface area contributed by atoms with Gasteiger partial charge in [0, 0.05) is 24.5 Å². The standard InChI is InChI=1S/C17H19N3O/c1-12(15-3-2-7-18-10-15)20-17(21)14-5-4-13-6-8-19-11-16(13)9-14/h2-5,7,9-10,12,19H,6,8,11H2,1H3,(H,20,21). The average Bonchev–Trinajstić information content (AvgIpc) is 2.55. The van der Waals surface area contributed by atoms with Gasteiger partial charge in [-0.25, -0.2) is 0 Å². The highest BCUT2D eigenvalue weighted by Gasteiger charge is 2.14. The predicted octanol–water partition coefficient (Wildman–Crippen LogP) is 2.22. The molecule has 108 valence electrons. The first-order valence-corrected chi connectivity index (χ1v) is 7.27. The topological polar surface area (TPSA) is 54.0 Å². The molecule has 0 aliphatic carbocycles. The summed E-state index contributed by atoms with van der Waals surface area (Å²) in [5, 5.41) is 6.35. The lowest BCUT2D eigenvalue weighted by Gasteiger charge is -2.19. The fourth-order valence-electron chi connectivity index (χ4n) is 2.62. The van der Waals surface area contributed by atoms with Crippen LogP contribution in [0.3, 0.4) is 0 Å². The molecule has 0 radical (unpaired) electrons. The summed E-state index contributed by atoms with van der Waals surface area (Å²) >= 11 is 0. The fourth-order valence-corrected chi connectivity index (χ4v) is 2.62. The monoisotopic (exact) mass is 281 g/mol. The number of nitrogens with zero attached hydrogens (tertiary/aromatic N) is 1. The molecule has 1 unspecified atom stereocenters. The molecule has 1 aliphatic rings. The Morgan fingerprint density at radius 1 is 1.33 bits per heavy atom. The van der Waals surface area contributed by atoms with Gasteiger partial charge >= 0.3 is 0 Å². The Labute approximate surface area is 124 Å². The number of aromatic nitrogens is 1. The molecule has 4 nitrogen and oxygen atoms in total. The normalized spacial score (nSPS) is 15.1. The Morgan fingerprint density at radius 3 is 3.05 bits per heavy atom. The second-order valence-corrected chi connectivity index (χ2v) is 5.39. The first-order valence-electron chi connectivity index (χ1n) is 7.27. The van der Waals surface area contributed by atoms with E-state index >= 15 is 0 Å². The van der Waals surface area contributed by atoms with E-state index in [1.165, 1.54) is 11.1 Å². The summed E-state index contributed by atoms with van der Waals surface area (Å²) in [6.45, 7) is 3.82. The smallest absolute Gasteiger partial charge is 0.251 e. The predicted molar refractivity (Wildman–Crippen MR) is 82.0 cm³/mol. The van der Waals surface area contributed by atoms with Gasteiger partial charge in [0.2, 0.25) is 0 Å². The van der Waals surface area contributed by atoms with E-state index in [1.54, 1.807) is 12.4 Å². The molecule has 1 amide bonds. The fraction of sp³-hybridized carbons (Fsp3) is 0.294. The number of rotatable bonds is 3. The maximum absolute atomic E-state index is 12.4. The van der Waals surface area contributed by atoms with Crippen molar-refractivity contribution >= 4 is 5.91 Å². The minimum Gasteiger partial charge on any atom is -0.345 e. The van der Waals surface area contributed by atoms with Crippen LogP contribution in [0.25, 0.3) is 0 Å².